The van der Waals surface area contributed by atoms with Gasteiger partial charge in [-0.15, -0.1) is 0 Å². The zero-order valence-corrected chi connectivity index (χ0v) is 14.3. The van der Waals surface area contributed by atoms with E-state index in [-0.39, 0.29) is 11.8 Å². The summed E-state index contributed by atoms with van der Waals surface area (Å²) in [5, 5.41) is 9.67. The Morgan fingerprint density at radius 2 is 2.21 bits per heavy atom. The van der Waals surface area contributed by atoms with Crippen molar-refractivity contribution in [1.29, 1.82) is 0 Å². The highest BCUT2D eigenvalue weighted by atomic mass is 16.1. The lowest BCUT2D eigenvalue weighted by Gasteiger charge is -2.26. The van der Waals surface area contributed by atoms with Crippen LogP contribution in [0.25, 0.3) is 0 Å². The lowest BCUT2D eigenvalue weighted by Crippen LogP contribution is -2.41. The quantitative estimate of drug-likeness (QED) is 0.443. The van der Waals surface area contributed by atoms with Gasteiger partial charge in [-0.25, -0.2) is 0 Å². The van der Waals surface area contributed by atoms with Crippen molar-refractivity contribution in [1.82, 2.24) is 10.6 Å². The van der Waals surface area contributed by atoms with Gasteiger partial charge in [-0.1, -0.05) is 29.8 Å². The Hall–Kier alpha value is -2.30. The molecule has 1 amide bonds. The molecule has 3 rings (SSSR count). The summed E-state index contributed by atoms with van der Waals surface area (Å²) in [5.74, 6) is 1.06. The first-order valence-electron chi connectivity index (χ1n) is 8.77. The number of hydrogen-bond donors (Lipinski definition) is 3. The van der Waals surface area contributed by atoms with Crippen LogP contribution in [-0.2, 0) is 4.79 Å². The van der Waals surface area contributed by atoms with Crippen LogP contribution in [0.2, 0.25) is 0 Å². The molecule has 1 aromatic carbocycles. The Balaban J connectivity index is 1.51. The van der Waals surface area contributed by atoms with Gasteiger partial charge in [-0.2, -0.15) is 0 Å². The number of anilines is 1. The van der Waals surface area contributed by atoms with E-state index in [0.29, 0.717) is 13.0 Å². The fourth-order valence-corrected chi connectivity index (χ4v) is 3.43. The predicted octanol–water partition coefficient (Wildman–Crippen LogP) is 2.78. The second-order valence-electron chi connectivity index (χ2n) is 6.42. The van der Waals surface area contributed by atoms with Crippen molar-refractivity contribution in [2.24, 2.45) is 4.99 Å². The number of hydrogen-bond acceptors (Lipinski definition) is 2. The Morgan fingerprint density at radius 3 is 3.00 bits per heavy atom. The lowest BCUT2D eigenvalue weighted by molar-refractivity contribution is -0.116. The molecule has 1 heterocycles. The van der Waals surface area contributed by atoms with E-state index in [1.165, 1.54) is 24.8 Å². The minimum Gasteiger partial charge on any atom is -0.356 e. The third-order valence-corrected chi connectivity index (χ3v) is 4.72. The molecule has 0 saturated heterocycles. The minimum atomic E-state index is 0.0802. The maximum Gasteiger partial charge on any atom is 0.225 e. The maximum absolute atomic E-state index is 11.9. The summed E-state index contributed by atoms with van der Waals surface area (Å²) in [6.45, 7) is 1.60. The molecular formula is C19H26N4O. The molecule has 3 N–H and O–H groups in total. The highest BCUT2D eigenvalue weighted by Gasteiger charge is 2.24. The molecule has 0 aromatic heterocycles. The molecular weight excluding hydrogens is 300 g/mol. The highest BCUT2D eigenvalue weighted by Crippen LogP contribution is 2.31. The number of nitrogens with one attached hydrogen (secondary N) is 3. The second-order valence-corrected chi connectivity index (χ2v) is 6.42. The third kappa shape index (κ3) is 4.16. The molecule has 1 aromatic rings. The van der Waals surface area contributed by atoms with Crippen LogP contribution in [0, 0.1) is 0 Å². The molecule has 128 valence electrons. The van der Waals surface area contributed by atoms with Crippen molar-refractivity contribution < 1.29 is 4.79 Å². The van der Waals surface area contributed by atoms with Crippen molar-refractivity contribution in [3.8, 4) is 0 Å². The van der Waals surface area contributed by atoms with Crippen molar-refractivity contribution in [3.05, 3.63) is 41.5 Å². The van der Waals surface area contributed by atoms with E-state index < -0.39 is 0 Å². The summed E-state index contributed by atoms with van der Waals surface area (Å²) in [6, 6.07) is 8.02. The summed E-state index contributed by atoms with van der Waals surface area (Å²) in [4.78, 5) is 16.2. The van der Waals surface area contributed by atoms with Crippen LogP contribution in [0.1, 0.15) is 43.6 Å². The third-order valence-electron chi connectivity index (χ3n) is 4.72. The lowest BCUT2D eigenvalue weighted by atomic mass is 9.90. The molecule has 24 heavy (non-hydrogen) atoms. The largest absolute Gasteiger partial charge is 0.356 e. The number of carbonyl (C=O) groups is 1. The monoisotopic (exact) mass is 326 g/mol. The average molecular weight is 326 g/mol. The van der Waals surface area contributed by atoms with E-state index >= 15 is 0 Å². The van der Waals surface area contributed by atoms with Gasteiger partial charge >= 0.3 is 0 Å². The molecule has 5 nitrogen and oxygen atoms in total. The van der Waals surface area contributed by atoms with E-state index in [2.05, 4.69) is 33.1 Å². The van der Waals surface area contributed by atoms with E-state index in [1.54, 1.807) is 12.6 Å². The molecule has 0 radical (unpaired) electrons. The number of carbonyl (C=O) groups excluding carboxylic acids is 1. The number of fused-ring (bicyclic) bond motifs is 1. The maximum atomic E-state index is 11.9. The van der Waals surface area contributed by atoms with Crippen molar-refractivity contribution in [3.63, 3.8) is 0 Å². The van der Waals surface area contributed by atoms with E-state index in [9.17, 15) is 4.79 Å². The van der Waals surface area contributed by atoms with Gasteiger partial charge in [0.2, 0.25) is 5.91 Å². The van der Waals surface area contributed by atoms with Crippen LogP contribution in [0.4, 0.5) is 5.69 Å². The normalized spacial score (nSPS) is 20.2. The zero-order valence-electron chi connectivity index (χ0n) is 14.3. The number of aliphatic imine (C=N–C) groups is 1. The van der Waals surface area contributed by atoms with E-state index in [1.807, 2.05) is 18.2 Å². The number of para-hydroxylation sites is 1. The Bertz CT molecular complexity index is 651. The van der Waals surface area contributed by atoms with E-state index in [4.69, 9.17) is 0 Å². The molecule has 1 unspecified atom stereocenters. The number of nitrogens with zero attached hydrogens (tertiary/aromatic N) is 1. The summed E-state index contributed by atoms with van der Waals surface area (Å²) in [5.41, 5.74) is 3.67. The fourth-order valence-electron chi connectivity index (χ4n) is 3.43. The molecule has 0 saturated carbocycles. The molecule has 0 bridgehead atoms. The average Bonchev–Trinajstić information content (AvgIpc) is 3.11. The molecule has 2 aliphatic rings. The van der Waals surface area contributed by atoms with Gasteiger partial charge in [0, 0.05) is 38.2 Å². The van der Waals surface area contributed by atoms with Gasteiger partial charge in [0.1, 0.15) is 0 Å². The molecule has 1 aliphatic carbocycles. The molecule has 0 spiro atoms. The zero-order chi connectivity index (χ0) is 16.8. The van der Waals surface area contributed by atoms with Gasteiger partial charge < -0.3 is 16.0 Å². The topological polar surface area (TPSA) is 65.5 Å². The van der Waals surface area contributed by atoms with Crippen LogP contribution in [0.15, 0.2) is 40.9 Å². The van der Waals surface area contributed by atoms with Gasteiger partial charge in [-0.05, 0) is 37.3 Å². The summed E-state index contributed by atoms with van der Waals surface area (Å²) in [6.07, 6.45) is 7.71. The van der Waals surface area contributed by atoms with Crippen LogP contribution >= 0.6 is 0 Å². The predicted molar refractivity (Wildman–Crippen MR) is 98.3 cm³/mol. The number of rotatable bonds is 5. The SMILES string of the molecule is CN=C(NCCC1=CCCC1)NCC1CC(=O)Nc2ccccc21. The van der Waals surface area contributed by atoms with Crippen LogP contribution in [-0.4, -0.2) is 32.0 Å². The summed E-state index contributed by atoms with van der Waals surface area (Å²) < 4.78 is 0. The Kier molecular flexibility index (Phi) is 5.51. The van der Waals surface area contributed by atoms with Crippen LogP contribution in [0.3, 0.4) is 0 Å². The number of amides is 1. The number of benzene rings is 1. The molecule has 0 fully saturated rings. The van der Waals surface area contributed by atoms with Gasteiger partial charge in [0.15, 0.2) is 5.96 Å². The Morgan fingerprint density at radius 1 is 1.33 bits per heavy atom. The molecule has 1 atom stereocenters. The summed E-state index contributed by atoms with van der Waals surface area (Å²) >= 11 is 0. The van der Waals surface area contributed by atoms with Crippen molar-refractivity contribution in [2.75, 3.05) is 25.5 Å². The number of allylic oxidation sites excluding steroid dienone is 1. The van der Waals surface area contributed by atoms with Crippen molar-refractivity contribution in [2.45, 2.75) is 38.0 Å². The van der Waals surface area contributed by atoms with Gasteiger partial charge in [0.05, 0.1) is 0 Å². The van der Waals surface area contributed by atoms with Crippen LogP contribution in [0.5, 0.6) is 0 Å². The first-order valence-corrected chi connectivity index (χ1v) is 8.77. The first-order chi connectivity index (χ1) is 11.8. The first kappa shape index (κ1) is 16.6. The van der Waals surface area contributed by atoms with E-state index in [0.717, 1.165) is 24.6 Å². The number of guanidine groups is 1. The molecule has 5 heteroatoms. The second kappa shape index (κ2) is 7.99. The van der Waals surface area contributed by atoms with Crippen molar-refractivity contribution >= 4 is 17.6 Å². The molecule has 1 aliphatic heterocycles. The standard InChI is InChI=1S/C19H26N4O/c1-20-19(21-11-10-14-6-2-3-7-14)22-13-15-12-18(24)23-17-9-5-4-8-16(15)17/h4-6,8-9,15H,2-3,7,10-13H2,1H3,(H,23,24)(H2,20,21,22). The van der Waals surface area contributed by atoms with Gasteiger partial charge in [0.25, 0.3) is 0 Å². The Labute approximate surface area is 143 Å². The minimum absolute atomic E-state index is 0.0802. The smallest absolute Gasteiger partial charge is 0.225 e. The van der Waals surface area contributed by atoms with Crippen LogP contribution < -0.4 is 16.0 Å². The highest BCUT2D eigenvalue weighted by molar-refractivity contribution is 5.94. The summed E-state index contributed by atoms with van der Waals surface area (Å²) in [7, 11) is 1.78. The van der Waals surface area contributed by atoms with Gasteiger partial charge in [-0.3, -0.25) is 9.79 Å². The fraction of sp³-hybridized carbons (Fsp3) is 0.474.